The Balaban J connectivity index is 1.50. The van der Waals surface area contributed by atoms with Crippen LogP contribution in [0.4, 0.5) is 16.0 Å². The lowest BCUT2D eigenvalue weighted by molar-refractivity contribution is -0.113. The van der Waals surface area contributed by atoms with Gasteiger partial charge in [0.25, 0.3) is 5.91 Å². The number of benzene rings is 3. The molecule has 1 aromatic heterocycles. The van der Waals surface area contributed by atoms with Crippen molar-refractivity contribution in [2.24, 2.45) is 0 Å². The molecule has 0 spiro atoms. The number of hydrogen-bond donors (Lipinski definition) is 2. The van der Waals surface area contributed by atoms with Gasteiger partial charge >= 0.3 is 0 Å². The molecule has 7 nitrogen and oxygen atoms in total. The van der Waals surface area contributed by atoms with Crippen molar-refractivity contribution in [3.8, 4) is 5.75 Å². The Bertz CT molecular complexity index is 1400. The van der Waals surface area contributed by atoms with Gasteiger partial charge in [0.05, 0.1) is 5.57 Å². The zero-order chi connectivity index (χ0) is 24.4. The van der Waals surface area contributed by atoms with Crippen LogP contribution < -0.4 is 15.4 Å². The average Bonchev–Trinajstić information content (AvgIpc) is 3.32. The van der Waals surface area contributed by atoms with Crippen LogP contribution in [-0.2, 0) is 11.4 Å². The SMILES string of the molecule is CC1=C(C(=O)Nc2ccc(Cl)cc2)[C@@H](c2ccccc2OCc2ccc(F)cc2)n2ncnc2N1. The van der Waals surface area contributed by atoms with E-state index >= 15 is 0 Å². The van der Waals surface area contributed by atoms with Crippen LogP contribution in [0, 0.1) is 5.82 Å². The summed E-state index contributed by atoms with van der Waals surface area (Å²) in [5.41, 5.74) is 3.29. The first-order valence-electron chi connectivity index (χ1n) is 10.9. The summed E-state index contributed by atoms with van der Waals surface area (Å²) in [5.74, 6) is 0.495. The number of nitrogens with one attached hydrogen (secondary N) is 2. The number of allylic oxidation sites excluding steroid dienone is 1. The highest BCUT2D eigenvalue weighted by atomic mass is 35.5. The summed E-state index contributed by atoms with van der Waals surface area (Å²) in [5, 5.41) is 11.1. The summed E-state index contributed by atoms with van der Waals surface area (Å²) in [6.07, 6.45) is 1.44. The minimum absolute atomic E-state index is 0.238. The molecule has 0 radical (unpaired) electrons. The van der Waals surface area contributed by atoms with Gasteiger partial charge < -0.3 is 15.4 Å². The van der Waals surface area contributed by atoms with Gasteiger partial charge in [-0.15, -0.1) is 0 Å². The first-order chi connectivity index (χ1) is 17.0. The first-order valence-corrected chi connectivity index (χ1v) is 11.3. The molecule has 0 fully saturated rings. The molecule has 0 bridgehead atoms. The fourth-order valence-corrected chi connectivity index (χ4v) is 4.11. The Morgan fingerprint density at radius 2 is 1.86 bits per heavy atom. The van der Waals surface area contributed by atoms with Crippen LogP contribution in [0.1, 0.15) is 24.1 Å². The Labute approximate surface area is 206 Å². The van der Waals surface area contributed by atoms with Gasteiger partial charge in [-0.25, -0.2) is 9.07 Å². The molecule has 0 unspecified atom stereocenters. The quantitative estimate of drug-likeness (QED) is 0.369. The molecule has 1 atom stereocenters. The standard InChI is InChI=1S/C26H21ClFN5O2/c1-16-23(25(34)32-20-12-8-18(27)9-13-20)24(33-26(31-16)29-15-30-33)21-4-2-3-5-22(21)35-14-17-6-10-19(28)11-7-17/h2-13,15,24H,14H2,1H3,(H,32,34)(H,29,30,31)/t24-/m1/s1. The summed E-state index contributed by atoms with van der Waals surface area (Å²) in [6.45, 7) is 2.06. The number of carbonyl (C=O) groups is 1. The second kappa shape index (κ2) is 9.60. The van der Waals surface area contributed by atoms with Crippen molar-refractivity contribution in [1.29, 1.82) is 0 Å². The van der Waals surface area contributed by atoms with Crippen molar-refractivity contribution in [2.75, 3.05) is 10.6 Å². The Hall–Kier alpha value is -4.17. The van der Waals surface area contributed by atoms with Crippen LogP contribution >= 0.6 is 11.6 Å². The van der Waals surface area contributed by atoms with Crippen LogP contribution in [0.5, 0.6) is 5.75 Å². The van der Waals surface area contributed by atoms with E-state index in [1.807, 2.05) is 31.2 Å². The largest absolute Gasteiger partial charge is 0.489 e. The molecule has 176 valence electrons. The molecule has 2 N–H and O–H groups in total. The van der Waals surface area contributed by atoms with E-state index in [0.717, 1.165) is 11.1 Å². The molecule has 0 saturated carbocycles. The van der Waals surface area contributed by atoms with Gasteiger partial charge in [-0.1, -0.05) is 41.9 Å². The summed E-state index contributed by atoms with van der Waals surface area (Å²) >= 11 is 5.98. The van der Waals surface area contributed by atoms with Crippen molar-refractivity contribution in [1.82, 2.24) is 14.8 Å². The first kappa shape index (κ1) is 22.6. The number of rotatable bonds is 6. The van der Waals surface area contributed by atoms with Gasteiger partial charge in [-0.2, -0.15) is 10.1 Å². The number of fused-ring (bicyclic) bond motifs is 1. The van der Waals surface area contributed by atoms with Gasteiger partial charge in [-0.05, 0) is 55.0 Å². The van der Waals surface area contributed by atoms with Gasteiger partial charge in [0.15, 0.2) is 0 Å². The minimum atomic E-state index is -0.592. The number of para-hydroxylation sites is 1. The highest BCUT2D eigenvalue weighted by Crippen LogP contribution is 2.39. The highest BCUT2D eigenvalue weighted by Gasteiger charge is 2.35. The molecule has 9 heteroatoms. The summed E-state index contributed by atoms with van der Waals surface area (Å²) < 4.78 is 21.1. The number of ether oxygens (including phenoxy) is 1. The van der Waals surface area contributed by atoms with Gasteiger partial charge in [0, 0.05) is 22.0 Å². The monoisotopic (exact) mass is 489 g/mol. The number of amides is 1. The van der Waals surface area contributed by atoms with Crippen molar-refractivity contribution < 1.29 is 13.9 Å². The molecule has 0 aliphatic carbocycles. The number of halogens is 2. The molecular formula is C26H21ClFN5O2. The van der Waals surface area contributed by atoms with Crippen LogP contribution in [0.3, 0.4) is 0 Å². The second-order valence-corrected chi connectivity index (χ2v) is 8.44. The number of aromatic nitrogens is 3. The Kier molecular flexibility index (Phi) is 6.20. The third-order valence-electron chi connectivity index (χ3n) is 5.66. The second-order valence-electron chi connectivity index (χ2n) is 8.01. The van der Waals surface area contributed by atoms with Gasteiger partial charge in [0.1, 0.15) is 30.5 Å². The van der Waals surface area contributed by atoms with E-state index in [4.69, 9.17) is 16.3 Å². The van der Waals surface area contributed by atoms with Gasteiger partial charge in [-0.3, -0.25) is 4.79 Å². The molecule has 1 amide bonds. The van der Waals surface area contributed by atoms with Crippen molar-refractivity contribution in [3.63, 3.8) is 0 Å². The third-order valence-corrected chi connectivity index (χ3v) is 5.91. The topological polar surface area (TPSA) is 81.1 Å². The molecule has 0 saturated heterocycles. The molecule has 2 heterocycles. The minimum Gasteiger partial charge on any atom is -0.489 e. The highest BCUT2D eigenvalue weighted by molar-refractivity contribution is 6.30. The Morgan fingerprint density at radius 1 is 1.11 bits per heavy atom. The number of hydrogen-bond acceptors (Lipinski definition) is 5. The molecule has 5 rings (SSSR count). The third kappa shape index (κ3) is 4.74. The van der Waals surface area contributed by atoms with E-state index < -0.39 is 6.04 Å². The fourth-order valence-electron chi connectivity index (χ4n) is 3.98. The molecule has 35 heavy (non-hydrogen) atoms. The van der Waals surface area contributed by atoms with Crippen molar-refractivity contribution >= 4 is 29.1 Å². The summed E-state index contributed by atoms with van der Waals surface area (Å²) in [4.78, 5) is 17.8. The predicted molar refractivity (Wildman–Crippen MR) is 132 cm³/mol. The zero-order valence-corrected chi connectivity index (χ0v) is 19.5. The average molecular weight is 490 g/mol. The van der Waals surface area contributed by atoms with E-state index in [1.54, 1.807) is 41.1 Å². The maximum atomic E-state index is 13.5. The van der Waals surface area contributed by atoms with E-state index in [0.29, 0.717) is 33.7 Å². The van der Waals surface area contributed by atoms with Crippen molar-refractivity contribution in [3.05, 3.63) is 112 Å². The maximum Gasteiger partial charge on any atom is 0.255 e. The van der Waals surface area contributed by atoms with E-state index in [2.05, 4.69) is 20.7 Å². The molecule has 1 aliphatic rings. The fraction of sp³-hybridized carbons (Fsp3) is 0.115. The van der Waals surface area contributed by atoms with Crippen LogP contribution in [0.2, 0.25) is 5.02 Å². The van der Waals surface area contributed by atoms with Crippen LogP contribution in [0.15, 0.2) is 90.4 Å². The molecular weight excluding hydrogens is 469 g/mol. The molecule has 4 aromatic rings. The number of nitrogens with zero attached hydrogens (tertiary/aromatic N) is 3. The Morgan fingerprint density at radius 3 is 2.63 bits per heavy atom. The predicted octanol–water partition coefficient (Wildman–Crippen LogP) is 5.58. The lowest BCUT2D eigenvalue weighted by Crippen LogP contribution is -2.31. The summed E-state index contributed by atoms with van der Waals surface area (Å²) in [6, 6.07) is 19.9. The van der Waals surface area contributed by atoms with Crippen LogP contribution in [-0.4, -0.2) is 20.7 Å². The number of anilines is 2. The van der Waals surface area contributed by atoms with E-state index in [9.17, 15) is 9.18 Å². The van der Waals surface area contributed by atoms with E-state index in [-0.39, 0.29) is 18.3 Å². The normalized spacial score (nSPS) is 14.8. The maximum absolute atomic E-state index is 13.5. The zero-order valence-electron chi connectivity index (χ0n) is 18.7. The summed E-state index contributed by atoms with van der Waals surface area (Å²) in [7, 11) is 0. The van der Waals surface area contributed by atoms with Crippen LogP contribution in [0.25, 0.3) is 0 Å². The lowest BCUT2D eigenvalue weighted by atomic mass is 9.94. The lowest BCUT2D eigenvalue weighted by Gasteiger charge is -2.29. The smallest absolute Gasteiger partial charge is 0.255 e. The molecule has 1 aliphatic heterocycles. The van der Waals surface area contributed by atoms with Gasteiger partial charge in [0.2, 0.25) is 5.95 Å². The number of carbonyl (C=O) groups excluding carboxylic acids is 1. The molecule has 3 aromatic carbocycles. The van der Waals surface area contributed by atoms with Crippen molar-refractivity contribution in [2.45, 2.75) is 19.6 Å². The van der Waals surface area contributed by atoms with E-state index in [1.165, 1.54) is 18.5 Å².